The van der Waals surface area contributed by atoms with Crippen LogP contribution in [0.3, 0.4) is 0 Å². The summed E-state index contributed by atoms with van der Waals surface area (Å²) in [5.41, 5.74) is 0.498. The van der Waals surface area contributed by atoms with Gasteiger partial charge in [0.1, 0.15) is 11.4 Å². The number of nitrogens with zero attached hydrogens (tertiary/aromatic N) is 1. The van der Waals surface area contributed by atoms with Gasteiger partial charge >= 0.3 is 0 Å². The molecule has 2 rings (SSSR count). The van der Waals surface area contributed by atoms with Gasteiger partial charge in [0, 0.05) is 0 Å². The Balaban J connectivity index is 2.11. The van der Waals surface area contributed by atoms with Crippen molar-refractivity contribution in [2.24, 2.45) is 0 Å². The third-order valence-electron chi connectivity index (χ3n) is 2.88. The molecule has 76 valence electrons. The van der Waals surface area contributed by atoms with Gasteiger partial charge in [-0.1, -0.05) is 6.58 Å². The molecule has 0 radical (unpaired) electrons. The first kappa shape index (κ1) is 9.79. The van der Waals surface area contributed by atoms with Crippen LogP contribution in [0.5, 0.6) is 5.75 Å². The normalized spacial score (nSPS) is 17.3. The molecule has 0 amide bonds. The number of ether oxygens (including phenoxy) is 1. The summed E-state index contributed by atoms with van der Waals surface area (Å²) in [6, 6.07) is 9.29. The highest BCUT2D eigenvalue weighted by Crippen LogP contribution is 2.37. The zero-order valence-electron chi connectivity index (χ0n) is 8.57. The van der Waals surface area contributed by atoms with E-state index in [1.807, 2.05) is 18.2 Å². The molecule has 1 aliphatic rings. The minimum atomic E-state index is -0.159. The van der Waals surface area contributed by atoms with E-state index >= 15 is 0 Å². The standard InChI is InChI=1S/C13H13NO/c1-2-13(8-3-9-13)15-12-6-4-11(10-14)5-7-12/h2,4-7H,1,3,8-9H2. The predicted octanol–water partition coefficient (Wildman–Crippen LogP) is 3.05. The van der Waals surface area contributed by atoms with E-state index in [1.165, 1.54) is 6.42 Å². The molecule has 2 nitrogen and oxygen atoms in total. The molecule has 1 aromatic carbocycles. The van der Waals surface area contributed by atoms with Crippen molar-refractivity contribution in [3.8, 4) is 11.8 Å². The van der Waals surface area contributed by atoms with Crippen LogP contribution in [0.4, 0.5) is 0 Å². The summed E-state index contributed by atoms with van der Waals surface area (Å²) in [5, 5.41) is 8.66. The largest absolute Gasteiger partial charge is 0.483 e. The number of hydrogen-bond acceptors (Lipinski definition) is 2. The maximum Gasteiger partial charge on any atom is 0.127 e. The highest BCUT2D eigenvalue weighted by atomic mass is 16.5. The second kappa shape index (κ2) is 3.78. The van der Waals surface area contributed by atoms with Gasteiger partial charge in [0.05, 0.1) is 11.6 Å². The summed E-state index contributed by atoms with van der Waals surface area (Å²) in [6.45, 7) is 3.81. The van der Waals surface area contributed by atoms with Gasteiger partial charge in [0.25, 0.3) is 0 Å². The average Bonchev–Trinajstić information content (AvgIpc) is 2.24. The van der Waals surface area contributed by atoms with Crippen molar-refractivity contribution in [2.45, 2.75) is 24.9 Å². The highest BCUT2D eigenvalue weighted by molar-refractivity contribution is 5.35. The lowest BCUT2D eigenvalue weighted by Crippen LogP contribution is -2.40. The molecule has 1 saturated carbocycles. The third kappa shape index (κ3) is 1.87. The smallest absolute Gasteiger partial charge is 0.127 e. The minimum Gasteiger partial charge on any atom is -0.483 e. The Morgan fingerprint density at radius 2 is 2.00 bits per heavy atom. The summed E-state index contributed by atoms with van der Waals surface area (Å²) in [6.07, 6.45) is 5.16. The molecule has 0 saturated heterocycles. The fraction of sp³-hybridized carbons (Fsp3) is 0.308. The molecule has 0 spiro atoms. The van der Waals surface area contributed by atoms with Crippen molar-refractivity contribution in [1.29, 1.82) is 5.26 Å². The zero-order valence-corrected chi connectivity index (χ0v) is 8.57. The number of hydrogen-bond donors (Lipinski definition) is 0. The monoisotopic (exact) mass is 199 g/mol. The summed E-state index contributed by atoms with van der Waals surface area (Å²) in [5.74, 6) is 0.814. The lowest BCUT2D eigenvalue weighted by Gasteiger charge is -2.39. The van der Waals surface area contributed by atoms with Crippen LogP contribution < -0.4 is 4.74 Å². The van der Waals surface area contributed by atoms with Gasteiger partial charge in [-0.05, 0) is 49.6 Å². The summed E-state index contributed by atoms with van der Waals surface area (Å²) >= 11 is 0. The van der Waals surface area contributed by atoms with E-state index in [-0.39, 0.29) is 5.60 Å². The molecule has 0 aliphatic heterocycles. The van der Waals surface area contributed by atoms with E-state index in [9.17, 15) is 0 Å². The van der Waals surface area contributed by atoms with Crippen LogP contribution in [-0.4, -0.2) is 5.60 Å². The quantitative estimate of drug-likeness (QED) is 0.701. The van der Waals surface area contributed by atoms with E-state index in [0.717, 1.165) is 18.6 Å². The molecular weight excluding hydrogens is 186 g/mol. The van der Waals surface area contributed by atoms with E-state index in [2.05, 4.69) is 12.6 Å². The lowest BCUT2D eigenvalue weighted by molar-refractivity contribution is 0.0406. The molecule has 1 aromatic rings. The van der Waals surface area contributed by atoms with E-state index < -0.39 is 0 Å². The fourth-order valence-corrected chi connectivity index (χ4v) is 1.71. The number of nitriles is 1. The molecule has 0 atom stereocenters. The summed E-state index contributed by atoms with van der Waals surface area (Å²) in [7, 11) is 0. The number of benzene rings is 1. The van der Waals surface area contributed by atoms with Gasteiger partial charge in [-0.15, -0.1) is 0 Å². The van der Waals surface area contributed by atoms with Crippen molar-refractivity contribution in [3.05, 3.63) is 42.5 Å². The van der Waals surface area contributed by atoms with Crippen LogP contribution in [0.15, 0.2) is 36.9 Å². The lowest BCUT2D eigenvalue weighted by atomic mass is 9.80. The Hall–Kier alpha value is -1.75. The Labute approximate surface area is 89.8 Å². The molecule has 15 heavy (non-hydrogen) atoms. The fourth-order valence-electron chi connectivity index (χ4n) is 1.71. The average molecular weight is 199 g/mol. The van der Waals surface area contributed by atoms with E-state index in [4.69, 9.17) is 10.00 Å². The van der Waals surface area contributed by atoms with Crippen molar-refractivity contribution in [1.82, 2.24) is 0 Å². The van der Waals surface area contributed by atoms with Crippen molar-refractivity contribution in [3.63, 3.8) is 0 Å². The molecule has 1 aliphatic carbocycles. The Bertz CT molecular complexity index is 396. The summed E-state index contributed by atoms with van der Waals surface area (Å²) in [4.78, 5) is 0. The highest BCUT2D eigenvalue weighted by Gasteiger charge is 2.36. The first-order chi connectivity index (χ1) is 7.28. The summed E-state index contributed by atoms with van der Waals surface area (Å²) < 4.78 is 5.86. The molecule has 2 heteroatoms. The SMILES string of the molecule is C=CC1(Oc2ccc(C#N)cc2)CCC1. The molecule has 0 unspecified atom stereocenters. The van der Waals surface area contributed by atoms with Crippen molar-refractivity contribution < 1.29 is 4.74 Å². The molecule has 0 bridgehead atoms. The minimum absolute atomic E-state index is 0.159. The van der Waals surface area contributed by atoms with Gasteiger partial charge < -0.3 is 4.74 Å². The van der Waals surface area contributed by atoms with Crippen LogP contribution >= 0.6 is 0 Å². The second-order valence-electron chi connectivity index (χ2n) is 3.86. The van der Waals surface area contributed by atoms with Gasteiger partial charge in [-0.2, -0.15) is 5.26 Å². The van der Waals surface area contributed by atoms with Crippen LogP contribution in [0.1, 0.15) is 24.8 Å². The van der Waals surface area contributed by atoms with Gasteiger partial charge in [-0.25, -0.2) is 0 Å². The Kier molecular flexibility index (Phi) is 2.47. The van der Waals surface area contributed by atoms with Gasteiger partial charge in [0.2, 0.25) is 0 Å². The predicted molar refractivity (Wildman–Crippen MR) is 58.6 cm³/mol. The Morgan fingerprint density at radius 1 is 1.33 bits per heavy atom. The first-order valence-corrected chi connectivity index (χ1v) is 5.11. The van der Waals surface area contributed by atoms with E-state index in [0.29, 0.717) is 5.56 Å². The zero-order chi connectivity index (χ0) is 10.7. The topological polar surface area (TPSA) is 33.0 Å². The van der Waals surface area contributed by atoms with Gasteiger partial charge in [0.15, 0.2) is 0 Å². The van der Waals surface area contributed by atoms with Gasteiger partial charge in [-0.3, -0.25) is 0 Å². The maximum absolute atomic E-state index is 8.66. The van der Waals surface area contributed by atoms with Crippen LogP contribution in [0, 0.1) is 11.3 Å². The molecule has 0 aromatic heterocycles. The van der Waals surface area contributed by atoms with Crippen LogP contribution in [0.2, 0.25) is 0 Å². The number of rotatable bonds is 3. The van der Waals surface area contributed by atoms with Crippen molar-refractivity contribution >= 4 is 0 Å². The van der Waals surface area contributed by atoms with E-state index in [1.54, 1.807) is 12.1 Å². The first-order valence-electron chi connectivity index (χ1n) is 5.11. The second-order valence-corrected chi connectivity index (χ2v) is 3.86. The van der Waals surface area contributed by atoms with Crippen LogP contribution in [0.25, 0.3) is 0 Å². The molecule has 0 N–H and O–H groups in total. The Morgan fingerprint density at radius 3 is 2.40 bits per heavy atom. The van der Waals surface area contributed by atoms with Crippen molar-refractivity contribution in [2.75, 3.05) is 0 Å². The third-order valence-corrected chi connectivity index (χ3v) is 2.88. The molecule has 1 fully saturated rings. The molecule has 0 heterocycles. The molecular formula is C13H13NO. The maximum atomic E-state index is 8.66. The van der Waals surface area contributed by atoms with Crippen LogP contribution in [-0.2, 0) is 0 Å².